The van der Waals surface area contributed by atoms with Crippen molar-refractivity contribution < 1.29 is 9.53 Å². The van der Waals surface area contributed by atoms with Gasteiger partial charge < -0.3 is 10.1 Å². The summed E-state index contributed by atoms with van der Waals surface area (Å²) in [7, 11) is 1.65. The summed E-state index contributed by atoms with van der Waals surface area (Å²) in [6.45, 7) is 1.19. The normalized spacial score (nSPS) is 10.7. The zero-order valence-electron chi connectivity index (χ0n) is 13.5. The number of carbonyl (C=O) groups is 1. The number of nitrogens with zero attached hydrogens (tertiary/aromatic N) is 2. The molecule has 0 aliphatic rings. The van der Waals surface area contributed by atoms with Crippen molar-refractivity contribution in [2.45, 2.75) is 6.42 Å². The third kappa shape index (κ3) is 3.58. The molecule has 2 heterocycles. The molecule has 0 aliphatic carbocycles. The van der Waals surface area contributed by atoms with E-state index in [9.17, 15) is 4.79 Å². The van der Waals surface area contributed by atoms with E-state index in [1.807, 2.05) is 42.5 Å². The highest BCUT2D eigenvalue weighted by Crippen LogP contribution is 2.23. The summed E-state index contributed by atoms with van der Waals surface area (Å²) in [5.74, 6) is -0.109. The number of hydrogen-bond acceptors (Lipinski definition) is 4. The van der Waals surface area contributed by atoms with Gasteiger partial charge in [0, 0.05) is 31.8 Å². The Morgan fingerprint density at radius 1 is 1.12 bits per heavy atom. The average molecular weight is 321 g/mol. The zero-order chi connectivity index (χ0) is 16.8. The van der Waals surface area contributed by atoms with E-state index >= 15 is 0 Å². The van der Waals surface area contributed by atoms with E-state index in [1.165, 1.54) is 0 Å². The molecule has 0 fully saturated rings. The van der Waals surface area contributed by atoms with Gasteiger partial charge in [0.2, 0.25) is 0 Å². The van der Waals surface area contributed by atoms with Crippen LogP contribution in [0.4, 0.5) is 0 Å². The maximum absolute atomic E-state index is 12.6. The number of aromatic nitrogens is 2. The molecule has 0 aliphatic heterocycles. The number of amides is 1. The summed E-state index contributed by atoms with van der Waals surface area (Å²) in [4.78, 5) is 21.6. The molecule has 24 heavy (non-hydrogen) atoms. The molecule has 3 aromatic rings. The number of carbonyl (C=O) groups excluding carboxylic acids is 1. The molecule has 5 nitrogen and oxygen atoms in total. The van der Waals surface area contributed by atoms with Gasteiger partial charge in [-0.3, -0.25) is 9.78 Å². The van der Waals surface area contributed by atoms with E-state index in [1.54, 1.807) is 19.4 Å². The predicted molar refractivity (Wildman–Crippen MR) is 93.8 cm³/mol. The van der Waals surface area contributed by atoms with E-state index < -0.39 is 0 Å². The van der Waals surface area contributed by atoms with Crippen molar-refractivity contribution in [3.63, 3.8) is 0 Å². The minimum absolute atomic E-state index is 0.109. The van der Waals surface area contributed by atoms with Crippen LogP contribution in [0.5, 0.6) is 0 Å². The van der Waals surface area contributed by atoms with Crippen molar-refractivity contribution in [3.05, 3.63) is 60.3 Å². The number of methoxy groups -OCH3 is 1. The van der Waals surface area contributed by atoms with E-state index in [-0.39, 0.29) is 5.91 Å². The number of hydrogen-bond donors (Lipinski definition) is 1. The zero-order valence-corrected chi connectivity index (χ0v) is 13.5. The van der Waals surface area contributed by atoms with Crippen LogP contribution < -0.4 is 5.32 Å². The highest BCUT2D eigenvalue weighted by Gasteiger charge is 2.13. The van der Waals surface area contributed by atoms with Crippen LogP contribution in [0.3, 0.4) is 0 Å². The second kappa shape index (κ2) is 7.66. The first-order valence-electron chi connectivity index (χ1n) is 7.88. The SMILES string of the molecule is COCCCNC(=O)c1cc(-c2ccccn2)nc2ccccc12. The maximum Gasteiger partial charge on any atom is 0.252 e. The summed E-state index contributed by atoms with van der Waals surface area (Å²) >= 11 is 0. The van der Waals surface area contributed by atoms with Crippen LogP contribution in [-0.4, -0.2) is 36.1 Å². The van der Waals surface area contributed by atoms with Gasteiger partial charge in [0.1, 0.15) is 0 Å². The number of nitrogens with one attached hydrogen (secondary N) is 1. The Morgan fingerprint density at radius 2 is 1.96 bits per heavy atom. The first-order chi connectivity index (χ1) is 11.8. The fourth-order valence-electron chi connectivity index (χ4n) is 2.52. The van der Waals surface area contributed by atoms with Gasteiger partial charge >= 0.3 is 0 Å². The smallest absolute Gasteiger partial charge is 0.252 e. The van der Waals surface area contributed by atoms with Crippen molar-refractivity contribution in [1.29, 1.82) is 0 Å². The summed E-state index contributed by atoms with van der Waals surface area (Å²) in [5.41, 5.74) is 2.83. The Morgan fingerprint density at radius 3 is 2.75 bits per heavy atom. The number of fused-ring (bicyclic) bond motifs is 1. The molecule has 3 rings (SSSR count). The van der Waals surface area contributed by atoms with E-state index in [0.29, 0.717) is 24.4 Å². The number of ether oxygens (including phenoxy) is 1. The first-order valence-corrected chi connectivity index (χ1v) is 7.88. The monoisotopic (exact) mass is 321 g/mol. The summed E-state index contributed by atoms with van der Waals surface area (Å²) in [5, 5.41) is 3.77. The summed E-state index contributed by atoms with van der Waals surface area (Å²) < 4.78 is 5.01. The quantitative estimate of drug-likeness (QED) is 0.709. The highest BCUT2D eigenvalue weighted by molar-refractivity contribution is 6.07. The van der Waals surface area contributed by atoms with E-state index in [2.05, 4.69) is 15.3 Å². The topological polar surface area (TPSA) is 64.1 Å². The molecule has 1 N–H and O–H groups in total. The number of rotatable bonds is 6. The Balaban J connectivity index is 1.97. The number of pyridine rings is 2. The highest BCUT2D eigenvalue weighted by atomic mass is 16.5. The van der Waals surface area contributed by atoms with Crippen LogP contribution in [-0.2, 0) is 4.74 Å². The molecule has 1 aromatic carbocycles. The van der Waals surface area contributed by atoms with Crippen molar-refractivity contribution in [2.24, 2.45) is 0 Å². The van der Waals surface area contributed by atoms with Gasteiger partial charge in [-0.1, -0.05) is 24.3 Å². The van der Waals surface area contributed by atoms with Gasteiger partial charge in [0.25, 0.3) is 5.91 Å². The van der Waals surface area contributed by atoms with Gasteiger partial charge in [-0.05, 0) is 30.7 Å². The molecule has 0 saturated carbocycles. The van der Waals surface area contributed by atoms with Crippen LogP contribution >= 0.6 is 0 Å². The second-order valence-corrected chi connectivity index (χ2v) is 5.39. The number of para-hydroxylation sites is 1. The average Bonchev–Trinajstić information content (AvgIpc) is 2.65. The lowest BCUT2D eigenvalue weighted by Gasteiger charge is -2.10. The fourth-order valence-corrected chi connectivity index (χ4v) is 2.52. The van der Waals surface area contributed by atoms with Crippen molar-refractivity contribution in [1.82, 2.24) is 15.3 Å². The molecule has 0 radical (unpaired) electrons. The fraction of sp³-hybridized carbons (Fsp3) is 0.211. The van der Waals surface area contributed by atoms with E-state index in [0.717, 1.165) is 23.0 Å². The third-order valence-electron chi connectivity index (χ3n) is 3.70. The number of benzene rings is 1. The van der Waals surface area contributed by atoms with E-state index in [4.69, 9.17) is 4.74 Å². The maximum atomic E-state index is 12.6. The molecular weight excluding hydrogens is 302 g/mol. The van der Waals surface area contributed by atoms with Gasteiger partial charge in [-0.2, -0.15) is 0 Å². The van der Waals surface area contributed by atoms with Gasteiger partial charge in [0.05, 0.1) is 22.5 Å². The van der Waals surface area contributed by atoms with Crippen LogP contribution in [0.25, 0.3) is 22.3 Å². The minimum Gasteiger partial charge on any atom is -0.385 e. The third-order valence-corrected chi connectivity index (χ3v) is 3.70. The molecule has 0 bridgehead atoms. The summed E-state index contributed by atoms with van der Waals surface area (Å²) in [6.07, 6.45) is 2.50. The molecule has 0 saturated heterocycles. The molecule has 122 valence electrons. The molecule has 0 atom stereocenters. The Labute approximate surface area is 140 Å². The van der Waals surface area contributed by atoms with Crippen LogP contribution in [0.15, 0.2) is 54.7 Å². The lowest BCUT2D eigenvalue weighted by atomic mass is 10.1. The minimum atomic E-state index is -0.109. The molecular formula is C19H19N3O2. The lowest BCUT2D eigenvalue weighted by molar-refractivity contribution is 0.0950. The van der Waals surface area contributed by atoms with Crippen LogP contribution in [0.2, 0.25) is 0 Å². The summed E-state index contributed by atoms with van der Waals surface area (Å²) in [6, 6.07) is 15.1. The Bertz CT molecular complexity index is 834. The van der Waals surface area contributed by atoms with Crippen LogP contribution in [0.1, 0.15) is 16.8 Å². The van der Waals surface area contributed by atoms with Crippen LogP contribution in [0, 0.1) is 0 Å². The van der Waals surface area contributed by atoms with Crippen molar-refractivity contribution >= 4 is 16.8 Å². The molecule has 2 aromatic heterocycles. The molecule has 5 heteroatoms. The standard InChI is InChI=1S/C19H19N3O2/c1-24-12-6-11-21-19(23)15-13-18(17-9-4-5-10-20-17)22-16-8-3-2-7-14(15)16/h2-5,7-10,13H,6,11-12H2,1H3,(H,21,23). The molecule has 0 unspecified atom stereocenters. The van der Waals surface area contributed by atoms with Gasteiger partial charge in [-0.25, -0.2) is 4.98 Å². The Kier molecular flexibility index (Phi) is 5.13. The van der Waals surface area contributed by atoms with Crippen molar-refractivity contribution in [3.8, 4) is 11.4 Å². The van der Waals surface area contributed by atoms with Gasteiger partial charge in [0.15, 0.2) is 0 Å². The molecule has 0 spiro atoms. The Hall–Kier alpha value is -2.79. The lowest BCUT2D eigenvalue weighted by Crippen LogP contribution is -2.25. The largest absolute Gasteiger partial charge is 0.385 e. The second-order valence-electron chi connectivity index (χ2n) is 5.39. The van der Waals surface area contributed by atoms with Crippen molar-refractivity contribution in [2.75, 3.05) is 20.3 Å². The van der Waals surface area contributed by atoms with Gasteiger partial charge in [-0.15, -0.1) is 0 Å². The predicted octanol–water partition coefficient (Wildman–Crippen LogP) is 3.06. The first kappa shape index (κ1) is 16.1. The molecule has 1 amide bonds.